The van der Waals surface area contributed by atoms with Gasteiger partial charge in [-0.25, -0.2) is 0 Å². The summed E-state index contributed by atoms with van der Waals surface area (Å²) in [5, 5.41) is 3.86. The molecule has 0 bridgehead atoms. The van der Waals surface area contributed by atoms with Crippen LogP contribution in [-0.4, -0.2) is 28.8 Å². The minimum Gasteiger partial charge on any atom is -0.352 e. The summed E-state index contributed by atoms with van der Waals surface area (Å²) in [4.78, 5) is 28.8. The van der Waals surface area contributed by atoms with Crippen LogP contribution in [0.5, 0.6) is 0 Å². The number of nitrogens with one attached hydrogen (secondary N) is 1. The predicted octanol–water partition coefficient (Wildman–Crippen LogP) is 6.01. The van der Waals surface area contributed by atoms with Crippen molar-refractivity contribution in [2.45, 2.75) is 52.2 Å². The van der Waals surface area contributed by atoms with Crippen LogP contribution >= 0.6 is 23.2 Å². The zero-order valence-corrected chi connectivity index (χ0v) is 21.2. The van der Waals surface area contributed by atoms with Crippen LogP contribution in [-0.2, 0) is 29.0 Å². The van der Waals surface area contributed by atoms with E-state index in [1.807, 2.05) is 75.4 Å². The van der Waals surface area contributed by atoms with E-state index in [4.69, 9.17) is 23.2 Å². The average Bonchev–Trinajstić information content (AvgIpc) is 2.80. The van der Waals surface area contributed by atoms with Crippen molar-refractivity contribution >= 4 is 35.0 Å². The molecule has 0 aliphatic heterocycles. The Balaban J connectivity index is 2.00. The Morgan fingerprint density at radius 3 is 2.06 bits per heavy atom. The fourth-order valence-electron chi connectivity index (χ4n) is 3.78. The van der Waals surface area contributed by atoms with Crippen molar-refractivity contribution in [3.05, 3.63) is 105 Å². The lowest BCUT2D eigenvalue weighted by atomic mass is 10.0. The molecule has 0 aromatic heterocycles. The molecule has 1 unspecified atom stereocenters. The summed E-state index contributed by atoms with van der Waals surface area (Å²) in [5.74, 6) is -0.403. The van der Waals surface area contributed by atoms with Crippen LogP contribution in [0.2, 0.25) is 10.0 Å². The third-order valence-corrected chi connectivity index (χ3v) is 6.27. The molecule has 0 saturated carbocycles. The molecule has 0 aliphatic carbocycles. The number of carbonyl (C=O) groups is 2. The molecule has 0 fully saturated rings. The Labute approximate surface area is 211 Å². The van der Waals surface area contributed by atoms with Gasteiger partial charge in [0.05, 0.1) is 6.42 Å². The highest BCUT2D eigenvalue weighted by molar-refractivity contribution is 6.36. The van der Waals surface area contributed by atoms with E-state index in [0.29, 0.717) is 28.6 Å². The molecule has 2 amide bonds. The Morgan fingerprint density at radius 2 is 1.47 bits per heavy atom. The van der Waals surface area contributed by atoms with Crippen molar-refractivity contribution in [3.8, 4) is 0 Å². The molecule has 178 valence electrons. The molecular weight excluding hydrogens is 467 g/mol. The van der Waals surface area contributed by atoms with Gasteiger partial charge in [0.15, 0.2) is 0 Å². The van der Waals surface area contributed by atoms with Gasteiger partial charge in [-0.1, -0.05) is 89.4 Å². The highest BCUT2D eigenvalue weighted by Crippen LogP contribution is 2.26. The third-order valence-electron chi connectivity index (χ3n) is 5.57. The molecule has 3 aromatic carbocycles. The molecular formula is C28H30Cl2N2O2. The van der Waals surface area contributed by atoms with Gasteiger partial charge < -0.3 is 10.2 Å². The van der Waals surface area contributed by atoms with Crippen LogP contribution in [0.1, 0.15) is 36.1 Å². The van der Waals surface area contributed by atoms with Gasteiger partial charge in [-0.15, -0.1) is 0 Å². The number of halogens is 2. The van der Waals surface area contributed by atoms with Crippen LogP contribution < -0.4 is 5.32 Å². The van der Waals surface area contributed by atoms with Gasteiger partial charge in [-0.2, -0.15) is 0 Å². The number of carbonyl (C=O) groups excluding carboxylic acids is 2. The van der Waals surface area contributed by atoms with E-state index in [1.165, 1.54) is 0 Å². The smallest absolute Gasteiger partial charge is 0.243 e. The van der Waals surface area contributed by atoms with Crippen LogP contribution in [0, 0.1) is 6.92 Å². The summed E-state index contributed by atoms with van der Waals surface area (Å²) in [6.07, 6.45) is 0.401. The van der Waals surface area contributed by atoms with Gasteiger partial charge in [-0.3, -0.25) is 9.59 Å². The fraction of sp³-hybridized carbons (Fsp3) is 0.286. The van der Waals surface area contributed by atoms with Gasteiger partial charge in [0.25, 0.3) is 0 Å². The second kappa shape index (κ2) is 12.0. The first kappa shape index (κ1) is 25.8. The number of rotatable bonds is 9. The monoisotopic (exact) mass is 496 g/mol. The van der Waals surface area contributed by atoms with Crippen LogP contribution in [0.3, 0.4) is 0 Å². The standard InChI is InChI=1S/C28H30Cl2N2O2/c1-19(2)31-28(34)26(16-21-8-5-4-6-9-21)32(18-22-14-12-20(3)13-15-22)27(33)17-23-24(29)10-7-11-25(23)30/h4-15,19,26H,16-18H2,1-3H3,(H,31,34). The zero-order chi connectivity index (χ0) is 24.7. The first-order chi connectivity index (χ1) is 16.2. The molecule has 1 N–H and O–H groups in total. The van der Waals surface area contributed by atoms with E-state index >= 15 is 0 Å². The molecule has 3 rings (SSSR count). The second-order valence-corrected chi connectivity index (χ2v) is 9.57. The van der Waals surface area contributed by atoms with E-state index in [2.05, 4.69) is 5.32 Å². The van der Waals surface area contributed by atoms with Crippen molar-refractivity contribution in [2.24, 2.45) is 0 Å². The highest BCUT2D eigenvalue weighted by atomic mass is 35.5. The molecule has 3 aromatic rings. The lowest BCUT2D eigenvalue weighted by Gasteiger charge is -2.32. The number of aryl methyl sites for hydroxylation is 1. The van der Waals surface area contributed by atoms with E-state index in [1.54, 1.807) is 23.1 Å². The third kappa shape index (κ3) is 7.09. The van der Waals surface area contributed by atoms with Crippen molar-refractivity contribution in [3.63, 3.8) is 0 Å². The zero-order valence-electron chi connectivity index (χ0n) is 19.7. The van der Waals surface area contributed by atoms with Crippen LogP contribution in [0.15, 0.2) is 72.8 Å². The predicted molar refractivity (Wildman–Crippen MR) is 139 cm³/mol. The molecule has 4 nitrogen and oxygen atoms in total. The van der Waals surface area contributed by atoms with E-state index in [-0.39, 0.29) is 24.3 Å². The minimum absolute atomic E-state index is 0.00458. The Bertz CT molecular complexity index is 1090. The van der Waals surface area contributed by atoms with Crippen molar-refractivity contribution in [2.75, 3.05) is 0 Å². The molecule has 0 heterocycles. The molecule has 34 heavy (non-hydrogen) atoms. The number of hydrogen-bond donors (Lipinski definition) is 1. The largest absolute Gasteiger partial charge is 0.352 e. The lowest BCUT2D eigenvalue weighted by Crippen LogP contribution is -2.52. The minimum atomic E-state index is -0.695. The van der Waals surface area contributed by atoms with E-state index in [0.717, 1.165) is 16.7 Å². The topological polar surface area (TPSA) is 49.4 Å². The summed E-state index contributed by atoms with van der Waals surface area (Å²) >= 11 is 12.7. The van der Waals surface area contributed by atoms with Crippen LogP contribution in [0.25, 0.3) is 0 Å². The maximum Gasteiger partial charge on any atom is 0.243 e. The summed E-state index contributed by atoms with van der Waals surface area (Å²) in [6.45, 7) is 6.13. The summed E-state index contributed by atoms with van der Waals surface area (Å²) in [7, 11) is 0. The maximum absolute atomic E-state index is 13.7. The summed E-state index contributed by atoms with van der Waals surface area (Å²) < 4.78 is 0. The molecule has 6 heteroatoms. The first-order valence-corrected chi connectivity index (χ1v) is 12.1. The van der Waals surface area contributed by atoms with Crippen LogP contribution in [0.4, 0.5) is 0 Å². The molecule has 0 radical (unpaired) electrons. The average molecular weight is 497 g/mol. The maximum atomic E-state index is 13.7. The quantitative estimate of drug-likeness (QED) is 0.394. The number of amides is 2. The molecule has 0 saturated heterocycles. The number of nitrogens with zero attached hydrogens (tertiary/aromatic N) is 1. The highest BCUT2D eigenvalue weighted by Gasteiger charge is 2.31. The van der Waals surface area contributed by atoms with Gasteiger partial charge in [0.1, 0.15) is 6.04 Å². The Morgan fingerprint density at radius 1 is 0.853 bits per heavy atom. The Kier molecular flexibility index (Phi) is 9.14. The number of hydrogen-bond acceptors (Lipinski definition) is 2. The number of benzene rings is 3. The fourth-order valence-corrected chi connectivity index (χ4v) is 4.31. The van der Waals surface area contributed by atoms with Crippen molar-refractivity contribution in [1.82, 2.24) is 10.2 Å². The lowest BCUT2D eigenvalue weighted by molar-refractivity contribution is -0.141. The van der Waals surface area contributed by atoms with E-state index in [9.17, 15) is 9.59 Å². The summed E-state index contributed by atoms with van der Waals surface area (Å²) in [6, 6.07) is 22.1. The van der Waals surface area contributed by atoms with Gasteiger partial charge in [0, 0.05) is 29.1 Å². The first-order valence-electron chi connectivity index (χ1n) is 11.4. The van der Waals surface area contributed by atoms with Crippen molar-refractivity contribution in [1.29, 1.82) is 0 Å². The molecule has 0 aliphatic rings. The Hall–Kier alpha value is -2.82. The SMILES string of the molecule is Cc1ccc(CN(C(=O)Cc2c(Cl)cccc2Cl)C(Cc2ccccc2)C(=O)NC(C)C)cc1. The van der Waals surface area contributed by atoms with Gasteiger partial charge >= 0.3 is 0 Å². The van der Waals surface area contributed by atoms with Crippen molar-refractivity contribution < 1.29 is 9.59 Å². The molecule has 1 atom stereocenters. The summed E-state index contributed by atoms with van der Waals surface area (Å²) in [5.41, 5.74) is 3.61. The second-order valence-electron chi connectivity index (χ2n) is 8.75. The van der Waals surface area contributed by atoms with Gasteiger partial charge in [0.2, 0.25) is 11.8 Å². The van der Waals surface area contributed by atoms with E-state index < -0.39 is 6.04 Å². The van der Waals surface area contributed by atoms with Gasteiger partial charge in [-0.05, 0) is 49.6 Å². The molecule has 0 spiro atoms. The normalized spacial score (nSPS) is 11.8.